The first-order valence-electron chi connectivity index (χ1n) is 11.3. The lowest BCUT2D eigenvalue weighted by Gasteiger charge is -2.27. The first kappa shape index (κ1) is 28.0. The number of ether oxygens (including phenoxy) is 2. The van der Waals surface area contributed by atoms with Gasteiger partial charge >= 0.3 is 12.2 Å². The van der Waals surface area contributed by atoms with Gasteiger partial charge in [0.1, 0.15) is 11.4 Å². The summed E-state index contributed by atoms with van der Waals surface area (Å²) in [5, 5.41) is 7.68. The smallest absolute Gasteiger partial charge is 0.418 e. The highest BCUT2D eigenvalue weighted by atomic mass is 35.5. The quantitative estimate of drug-likeness (QED) is 0.352. The summed E-state index contributed by atoms with van der Waals surface area (Å²) in [5.74, 6) is -2.27. The van der Waals surface area contributed by atoms with Gasteiger partial charge in [-0.25, -0.2) is 14.4 Å². The zero-order chi connectivity index (χ0) is 28.2. The van der Waals surface area contributed by atoms with Gasteiger partial charge in [0.2, 0.25) is 5.91 Å². The van der Waals surface area contributed by atoms with Crippen LogP contribution in [0.2, 0.25) is 5.02 Å². The molecule has 0 aliphatic carbocycles. The van der Waals surface area contributed by atoms with E-state index in [1.54, 1.807) is 0 Å². The SMILES string of the molecule is COc1ncc(C(=O)N[C@@]2(C(=O)NCc3ncc(Nc4c(F)cccc4C(F)(F)F)cc3Cl)CCOC2)cn1. The molecule has 2 aromatic heterocycles. The van der Waals surface area contributed by atoms with Crippen LogP contribution in [0.1, 0.15) is 28.0 Å². The van der Waals surface area contributed by atoms with Gasteiger partial charge in [-0.1, -0.05) is 17.7 Å². The van der Waals surface area contributed by atoms with E-state index >= 15 is 0 Å². The van der Waals surface area contributed by atoms with Crippen LogP contribution in [0.15, 0.2) is 42.9 Å². The highest BCUT2D eigenvalue weighted by Crippen LogP contribution is 2.37. The van der Waals surface area contributed by atoms with Crippen LogP contribution >= 0.6 is 11.6 Å². The number of pyridine rings is 1. The molecule has 15 heteroatoms. The maximum absolute atomic E-state index is 14.2. The highest BCUT2D eigenvalue weighted by Gasteiger charge is 2.44. The lowest BCUT2D eigenvalue weighted by atomic mass is 9.96. The Kier molecular flexibility index (Phi) is 8.16. The average Bonchev–Trinajstić information content (AvgIpc) is 3.38. The normalized spacial score (nSPS) is 17.0. The van der Waals surface area contributed by atoms with Crippen LogP contribution in [0.5, 0.6) is 6.01 Å². The van der Waals surface area contributed by atoms with Gasteiger partial charge in [0, 0.05) is 25.4 Å². The number of methoxy groups -OCH3 is 1. The van der Waals surface area contributed by atoms with Gasteiger partial charge < -0.3 is 25.4 Å². The monoisotopic (exact) mass is 568 g/mol. The molecule has 0 bridgehead atoms. The Bertz CT molecular complexity index is 1370. The minimum atomic E-state index is -4.79. The van der Waals surface area contributed by atoms with Crippen LogP contribution in [0, 0.1) is 5.82 Å². The van der Waals surface area contributed by atoms with E-state index in [9.17, 15) is 27.2 Å². The summed E-state index contributed by atoms with van der Waals surface area (Å²) >= 11 is 6.24. The summed E-state index contributed by atoms with van der Waals surface area (Å²) in [4.78, 5) is 37.7. The van der Waals surface area contributed by atoms with E-state index in [4.69, 9.17) is 21.1 Å². The van der Waals surface area contributed by atoms with Gasteiger partial charge in [0.25, 0.3) is 5.91 Å². The Morgan fingerprint density at radius 2 is 1.92 bits per heavy atom. The van der Waals surface area contributed by atoms with Crippen molar-refractivity contribution in [2.75, 3.05) is 25.6 Å². The third kappa shape index (κ3) is 6.34. The molecule has 1 saturated heterocycles. The highest BCUT2D eigenvalue weighted by molar-refractivity contribution is 6.31. The predicted molar refractivity (Wildman–Crippen MR) is 130 cm³/mol. The Morgan fingerprint density at radius 1 is 1.18 bits per heavy atom. The average molecular weight is 569 g/mol. The van der Waals surface area contributed by atoms with Crippen LogP contribution in [0.3, 0.4) is 0 Å². The van der Waals surface area contributed by atoms with Crippen molar-refractivity contribution in [1.29, 1.82) is 0 Å². The van der Waals surface area contributed by atoms with Gasteiger partial charge in [-0.3, -0.25) is 14.6 Å². The van der Waals surface area contributed by atoms with E-state index in [1.807, 2.05) is 0 Å². The largest absolute Gasteiger partial charge is 0.467 e. The van der Waals surface area contributed by atoms with Crippen molar-refractivity contribution in [1.82, 2.24) is 25.6 Å². The number of para-hydroxylation sites is 1. The Hall–Kier alpha value is -4.04. The van der Waals surface area contributed by atoms with E-state index in [-0.39, 0.29) is 54.2 Å². The molecular weight excluding hydrogens is 548 g/mol. The molecule has 0 spiro atoms. The van der Waals surface area contributed by atoms with Crippen LogP contribution < -0.4 is 20.7 Å². The lowest BCUT2D eigenvalue weighted by molar-refractivity contribution is -0.137. The predicted octanol–water partition coefficient (Wildman–Crippen LogP) is 3.64. The number of carbonyl (C=O) groups is 2. The van der Waals surface area contributed by atoms with Crippen molar-refractivity contribution in [2.45, 2.75) is 24.7 Å². The number of rotatable bonds is 8. The van der Waals surface area contributed by atoms with Crippen molar-refractivity contribution in [3.8, 4) is 6.01 Å². The molecule has 0 radical (unpaired) electrons. The first-order chi connectivity index (χ1) is 18.5. The molecule has 3 N–H and O–H groups in total. The summed E-state index contributed by atoms with van der Waals surface area (Å²) in [5.41, 5.74) is -3.06. The van der Waals surface area contributed by atoms with Gasteiger partial charge in [-0.2, -0.15) is 13.2 Å². The maximum atomic E-state index is 14.2. The van der Waals surface area contributed by atoms with Crippen molar-refractivity contribution in [2.24, 2.45) is 0 Å². The van der Waals surface area contributed by atoms with Gasteiger partial charge in [0.15, 0.2) is 0 Å². The minimum absolute atomic E-state index is 0.000290. The number of nitrogens with zero attached hydrogens (tertiary/aromatic N) is 3. The number of anilines is 2. The molecule has 206 valence electrons. The summed E-state index contributed by atoms with van der Waals surface area (Å²) in [7, 11) is 1.38. The number of aromatic nitrogens is 3. The minimum Gasteiger partial charge on any atom is -0.467 e. The molecule has 3 aromatic rings. The standard InChI is InChI=1S/C24H21ClF4N6O4/c1-38-22-32-8-13(9-33-22)20(36)35-23(5-6-39-12-23)21(37)31-11-18-16(25)7-14(10-30-18)34-19-15(24(27,28)29)3-2-4-17(19)26/h2-4,7-10,34H,5-6,11-12H2,1H3,(H,31,37)(H,35,36)/t23-/m0/s1. The molecule has 1 atom stereocenters. The molecule has 1 fully saturated rings. The molecule has 2 amide bonds. The summed E-state index contributed by atoms with van der Waals surface area (Å²) in [6, 6.07) is 3.91. The fourth-order valence-corrected chi connectivity index (χ4v) is 3.99. The molecule has 0 saturated carbocycles. The molecule has 3 heterocycles. The molecular formula is C24H21ClF4N6O4. The first-order valence-corrected chi connectivity index (χ1v) is 11.7. The van der Waals surface area contributed by atoms with Gasteiger partial charge in [-0.15, -0.1) is 0 Å². The van der Waals surface area contributed by atoms with E-state index in [0.29, 0.717) is 0 Å². The van der Waals surface area contributed by atoms with Crippen molar-refractivity contribution in [3.05, 3.63) is 70.5 Å². The Labute approximate surface area is 224 Å². The number of hydrogen-bond acceptors (Lipinski definition) is 8. The summed E-state index contributed by atoms with van der Waals surface area (Å²) in [6.45, 7) is -0.0351. The number of benzene rings is 1. The van der Waals surface area contributed by atoms with Crippen LogP contribution in [-0.2, 0) is 22.3 Å². The maximum Gasteiger partial charge on any atom is 0.418 e. The van der Waals surface area contributed by atoms with Crippen molar-refractivity contribution >= 4 is 34.8 Å². The second-order valence-electron chi connectivity index (χ2n) is 8.42. The number of hydrogen-bond donors (Lipinski definition) is 3. The summed E-state index contributed by atoms with van der Waals surface area (Å²) < 4.78 is 64.2. The molecule has 39 heavy (non-hydrogen) atoms. The number of halogens is 5. The van der Waals surface area contributed by atoms with Crippen LogP contribution in [-0.4, -0.2) is 52.6 Å². The van der Waals surface area contributed by atoms with E-state index in [0.717, 1.165) is 24.4 Å². The number of amides is 2. The topological polar surface area (TPSA) is 127 Å². The third-order valence-electron chi connectivity index (χ3n) is 5.80. The number of nitrogens with one attached hydrogen (secondary N) is 3. The third-order valence-corrected chi connectivity index (χ3v) is 6.13. The van der Waals surface area contributed by atoms with E-state index < -0.39 is 40.6 Å². The molecule has 1 aliphatic rings. The van der Waals surface area contributed by atoms with Crippen molar-refractivity contribution < 1.29 is 36.6 Å². The second-order valence-corrected chi connectivity index (χ2v) is 8.82. The molecule has 1 aliphatic heterocycles. The van der Waals surface area contributed by atoms with E-state index in [1.165, 1.54) is 25.6 Å². The molecule has 4 rings (SSSR count). The van der Waals surface area contributed by atoms with Crippen LogP contribution in [0.25, 0.3) is 0 Å². The zero-order valence-electron chi connectivity index (χ0n) is 20.2. The van der Waals surface area contributed by atoms with Crippen molar-refractivity contribution in [3.63, 3.8) is 0 Å². The Morgan fingerprint density at radius 3 is 2.54 bits per heavy atom. The van der Waals surface area contributed by atoms with Gasteiger partial charge in [0.05, 0.1) is 59.7 Å². The molecule has 0 unspecified atom stereocenters. The number of alkyl halides is 3. The fourth-order valence-electron chi connectivity index (χ4n) is 3.76. The molecule has 1 aromatic carbocycles. The zero-order valence-corrected chi connectivity index (χ0v) is 21.0. The van der Waals surface area contributed by atoms with E-state index in [2.05, 4.69) is 30.9 Å². The second kappa shape index (κ2) is 11.4. The Balaban J connectivity index is 1.44. The summed E-state index contributed by atoms with van der Waals surface area (Å²) in [6.07, 6.45) is -0.946. The fraction of sp³-hybridized carbons (Fsp3) is 0.292. The van der Waals surface area contributed by atoms with Crippen LogP contribution in [0.4, 0.5) is 28.9 Å². The molecule has 10 nitrogen and oxygen atoms in total. The van der Waals surface area contributed by atoms with Gasteiger partial charge in [-0.05, 0) is 18.2 Å². The lowest BCUT2D eigenvalue weighted by Crippen LogP contribution is -2.59. The number of carbonyl (C=O) groups excluding carboxylic acids is 2.